The van der Waals surface area contributed by atoms with Crippen LogP contribution in [0.1, 0.15) is 206 Å². The van der Waals surface area contributed by atoms with E-state index in [1.807, 2.05) is 0 Å². The highest BCUT2D eigenvalue weighted by Gasteiger charge is 2.19. The van der Waals surface area contributed by atoms with Crippen LogP contribution >= 0.6 is 0 Å². The zero-order chi connectivity index (χ0) is 33.6. The lowest BCUT2D eigenvalue weighted by molar-refractivity contribution is -0.129. The first kappa shape index (κ1) is 44.4. The number of carbonyl (C=O) groups is 2. The summed E-state index contributed by atoms with van der Waals surface area (Å²) in [5.74, 6) is -0.0306. The number of rotatable bonds is 36. The summed E-state index contributed by atoms with van der Waals surface area (Å²) < 4.78 is 0. The number of amides is 2. The van der Waals surface area contributed by atoms with Crippen molar-refractivity contribution >= 4 is 11.8 Å². The van der Waals surface area contributed by atoms with Gasteiger partial charge >= 0.3 is 0 Å². The van der Waals surface area contributed by atoms with E-state index in [9.17, 15) is 9.59 Å². The Morgan fingerprint density at radius 2 is 0.935 bits per heavy atom. The minimum absolute atomic E-state index is 0.00606. The summed E-state index contributed by atoms with van der Waals surface area (Å²) in [6.45, 7) is 5.84. The number of allylic oxidation sites excluding steroid dienone is 4. The van der Waals surface area contributed by atoms with Crippen LogP contribution in [0.5, 0.6) is 0 Å². The van der Waals surface area contributed by atoms with E-state index in [1.165, 1.54) is 141 Å². The minimum Gasteiger partial charge on any atom is -0.354 e. The van der Waals surface area contributed by atoms with Gasteiger partial charge in [-0.3, -0.25) is 9.59 Å². The monoisotopic (exact) mass is 646 g/mol. The standard InChI is InChI=1S/C41H79N3O2/c1-3-5-7-9-11-13-15-17-19-21-23-25-27-29-31-36-40(45)44-39(35-32-33-37-42)41(46)43-38-34-30-28-26-24-22-20-18-16-14-12-10-8-6-4-2/h17-20,39H,3-16,21-38,42H2,1-2H3,(H,43,46)(H,44,45)/b19-17-,20-18-. The zero-order valence-corrected chi connectivity index (χ0v) is 30.9. The summed E-state index contributed by atoms with van der Waals surface area (Å²) >= 11 is 0. The summed E-state index contributed by atoms with van der Waals surface area (Å²) in [6.07, 6.45) is 45.0. The van der Waals surface area contributed by atoms with Crippen molar-refractivity contribution in [2.24, 2.45) is 5.73 Å². The smallest absolute Gasteiger partial charge is 0.242 e. The highest BCUT2D eigenvalue weighted by atomic mass is 16.2. The summed E-state index contributed by atoms with van der Waals surface area (Å²) in [6, 6.07) is -0.440. The Labute approximate surface area is 287 Å². The van der Waals surface area contributed by atoms with Crippen molar-refractivity contribution in [2.75, 3.05) is 13.1 Å². The average Bonchev–Trinajstić information content (AvgIpc) is 3.05. The molecule has 0 spiro atoms. The molecule has 0 aromatic carbocycles. The second-order valence-corrected chi connectivity index (χ2v) is 13.6. The zero-order valence-electron chi connectivity index (χ0n) is 30.9. The highest BCUT2D eigenvalue weighted by molar-refractivity contribution is 5.87. The van der Waals surface area contributed by atoms with Gasteiger partial charge in [0.05, 0.1) is 0 Å². The fourth-order valence-corrected chi connectivity index (χ4v) is 5.91. The van der Waals surface area contributed by atoms with Crippen LogP contribution in [-0.4, -0.2) is 30.9 Å². The van der Waals surface area contributed by atoms with Crippen LogP contribution in [0, 0.1) is 0 Å². The van der Waals surface area contributed by atoms with Gasteiger partial charge in [0.1, 0.15) is 6.04 Å². The van der Waals surface area contributed by atoms with Gasteiger partial charge < -0.3 is 16.4 Å². The molecule has 4 N–H and O–H groups in total. The topological polar surface area (TPSA) is 84.2 Å². The maximum Gasteiger partial charge on any atom is 0.242 e. The minimum atomic E-state index is -0.440. The number of carbonyl (C=O) groups excluding carboxylic acids is 2. The lowest BCUT2D eigenvalue weighted by Crippen LogP contribution is -2.47. The molecule has 0 bridgehead atoms. The van der Waals surface area contributed by atoms with Crippen molar-refractivity contribution in [1.82, 2.24) is 10.6 Å². The van der Waals surface area contributed by atoms with Crippen molar-refractivity contribution in [2.45, 2.75) is 213 Å². The second kappa shape index (κ2) is 37.8. The Morgan fingerprint density at radius 3 is 1.39 bits per heavy atom. The van der Waals surface area contributed by atoms with Crippen LogP contribution < -0.4 is 16.4 Å². The summed E-state index contributed by atoms with van der Waals surface area (Å²) in [5, 5.41) is 6.10. The van der Waals surface area contributed by atoms with Gasteiger partial charge in [0.15, 0.2) is 0 Å². The highest BCUT2D eigenvalue weighted by Crippen LogP contribution is 2.12. The van der Waals surface area contributed by atoms with Gasteiger partial charge in [0.25, 0.3) is 0 Å². The van der Waals surface area contributed by atoms with Crippen LogP contribution in [-0.2, 0) is 9.59 Å². The van der Waals surface area contributed by atoms with Crippen molar-refractivity contribution in [1.29, 1.82) is 0 Å². The van der Waals surface area contributed by atoms with E-state index in [1.54, 1.807) is 0 Å². The maximum atomic E-state index is 12.9. The third-order valence-electron chi connectivity index (χ3n) is 9.00. The Kier molecular flexibility index (Phi) is 36.5. The molecule has 1 atom stereocenters. The SMILES string of the molecule is CCCCCCCC/C=C\CCCCCCCNC(=O)C(CCCCN)NC(=O)CCCCCCC/C=C\CCCCCCCC. The molecular formula is C41H79N3O2. The molecule has 0 saturated carbocycles. The molecule has 5 nitrogen and oxygen atoms in total. The predicted molar refractivity (Wildman–Crippen MR) is 202 cm³/mol. The summed E-state index contributed by atoms with van der Waals surface area (Å²) in [4.78, 5) is 25.5. The average molecular weight is 646 g/mol. The molecule has 0 fully saturated rings. The van der Waals surface area contributed by atoms with Crippen molar-refractivity contribution in [3.8, 4) is 0 Å². The third kappa shape index (κ3) is 33.7. The quantitative estimate of drug-likeness (QED) is 0.0468. The molecule has 0 aromatic rings. The van der Waals surface area contributed by atoms with E-state index in [0.29, 0.717) is 25.9 Å². The summed E-state index contributed by atoms with van der Waals surface area (Å²) in [7, 11) is 0. The first-order valence-corrected chi connectivity index (χ1v) is 20.2. The van der Waals surface area contributed by atoms with Gasteiger partial charge in [0.2, 0.25) is 11.8 Å². The van der Waals surface area contributed by atoms with Crippen molar-refractivity contribution in [3.63, 3.8) is 0 Å². The molecule has 5 heteroatoms. The molecule has 0 aliphatic rings. The van der Waals surface area contributed by atoms with Gasteiger partial charge in [-0.1, -0.05) is 141 Å². The Balaban J connectivity index is 3.88. The molecule has 46 heavy (non-hydrogen) atoms. The first-order valence-electron chi connectivity index (χ1n) is 20.2. The van der Waals surface area contributed by atoms with Gasteiger partial charge in [-0.25, -0.2) is 0 Å². The van der Waals surface area contributed by atoms with Crippen molar-refractivity contribution in [3.05, 3.63) is 24.3 Å². The van der Waals surface area contributed by atoms with Crippen LogP contribution in [0.4, 0.5) is 0 Å². The number of hydrogen-bond acceptors (Lipinski definition) is 3. The number of hydrogen-bond donors (Lipinski definition) is 3. The molecule has 0 aliphatic heterocycles. The van der Waals surface area contributed by atoms with E-state index in [0.717, 1.165) is 38.5 Å². The molecule has 0 rings (SSSR count). The second-order valence-electron chi connectivity index (χ2n) is 13.6. The molecule has 0 aliphatic carbocycles. The normalized spacial score (nSPS) is 12.3. The number of nitrogens with one attached hydrogen (secondary N) is 2. The third-order valence-corrected chi connectivity index (χ3v) is 9.00. The molecule has 2 amide bonds. The van der Waals surface area contributed by atoms with Gasteiger partial charge in [-0.05, 0) is 90.0 Å². The lowest BCUT2D eigenvalue weighted by Gasteiger charge is -2.18. The van der Waals surface area contributed by atoms with E-state index >= 15 is 0 Å². The molecule has 0 aromatic heterocycles. The van der Waals surface area contributed by atoms with Gasteiger partial charge in [-0.2, -0.15) is 0 Å². The lowest BCUT2D eigenvalue weighted by atomic mass is 10.1. The first-order chi connectivity index (χ1) is 22.7. The van der Waals surface area contributed by atoms with Gasteiger partial charge in [-0.15, -0.1) is 0 Å². The fourth-order valence-electron chi connectivity index (χ4n) is 5.91. The van der Waals surface area contributed by atoms with Crippen LogP contribution in [0.2, 0.25) is 0 Å². The molecule has 0 radical (unpaired) electrons. The summed E-state index contributed by atoms with van der Waals surface area (Å²) in [5.41, 5.74) is 5.67. The van der Waals surface area contributed by atoms with Crippen LogP contribution in [0.15, 0.2) is 24.3 Å². The van der Waals surface area contributed by atoms with E-state index in [-0.39, 0.29) is 11.8 Å². The van der Waals surface area contributed by atoms with Crippen LogP contribution in [0.3, 0.4) is 0 Å². The van der Waals surface area contributed by atoms with Crippen LogP contribution in [0.25, 0.3) is 0 Å². The molecule has 0 heterocycles. The number of unbranched alkanes of at least 4 members (excludes halogenated alkanes) is 23. The predicted octanol–water partition coefficient (Wildman–Crippen LogP) is 11.4. The molecule has 1 unspecified atom stereocenters. The molecular weight excluding hydrogens is 566 g/mol. The molecule has 270 valence electrons. The van der Waals surface area contributed by atoms with E-state index < -0.39 is 6.04 Å². The fraction of sp³-hybridized carbons (Fsp3) is 0.854. The van der Waals surface area contributed by atoms with E-state index in [4.69, 9.17) is 5.73 Å². The Hall–Kier alpha value is -1.62. The maximum absolute atomic E-state index is 12.9. The molecule has 0 saturated heterocycles. The largest absolute Gasteiger partial charge is 0.354 e. The van der Waals surface area contributed by atoms with Crippen molar-refractivity contribution < 1.29 is 9.59 Å². The number of nitrogens with two attached hydrogens (primary N) is 1. The van der Waals surface area contributed by atoms with Gasteiger partial charge in [0, 0.05) is 13.0 Å². The Bertz CT molecular complexity index is 706. The van der Waals surface area contributed by atoms with E-state index in [2.05, 4.69) is 48.8 Å². The Morgan fingerprint density at radius 1 is 0.522 bits per heavy atom.